The number of hydrogen-bond acceptors (Lipinski definition) is 5. The van der Waals surface area contributed by atoms with Crippen LogP contribution >= 0.6 is 11.6 Å². The van der Waals surface area contributed by atoms with E-state index in [0.717, 1.165) is 6.08 Å². The monoisotopic (exact) mass is 374 g/mol. The lowest BCUT2D eigenvalue weighted by Gasteiger charge is -2.12. The van der Waals surface area contributed by atoms with E-state index in [4.69, 9.17) is 16.3 Å². The van der Waals surface area contributed by atoms with Crippen molar-refractivity contribution >= 4 is 40.9 Å². The number of carbonyl (C=O) groups excluding carboxylic acids is 2. The van der Waals surface area contributed by atoms with Crippen molar-refractivity contribution in [2.45, 2.75) is 13.0 Å². The smallest absolute Gasteiger partial charge is 0.331 e. The third kappa shape index (κ3) is 5.71. The Kier molecular flexibility index (Phi) is 6.46. The third-order valence-corrected chi connectivity index (χ3v) is 3.52. The summed E-state index contributed by atoms with van der Waals surface area (Å²) in [6.07, 6.45) is 1.46. The van der Waals surface area contributed by atoms with Crippen molar-refractivity contribution < 1.29 is 19.2 Å². The normalized spacial score (nSPS) is 11.8. The van der Waals surface area contributed by atoms with E-state index in [9.17, 15) is 19.7 Å². The lowest BCUT2D eigenvalue weighted by molar-refractivity contribution is -0.384. The van der Waals surface area contributed by atoms with Crippen LogP contribution in [0.3, 0.4) is 0 Å². The van der Waals surface area contributed by atoms with Crippen molar-refractivity contribution in [1.82, 2.24) is 0 Å². The Morgan fingerprint density at radius 3 is 2.58 bits per heavy atom. The van der Waals surface area contributed by atoms with Crippen LogP contribution in [0.4, 0.5) is 11.4 Å². The quantitative estimate of drug-likeness (QED) is 0.358. The number of non-ortho nitro benzene ring substituents is 1. The molecular weight excluding hydrogens is 360 g/mol. The molecular formula is C18H15ClN2O5. The van der Waals surface area contributed by atoms with E-state index in [1.807, 2.05) is 0 Å². The first-order valence-corrected chi connectivity index (χ1v) is 7.92. The van der Waals surface area contributed by atoms with E-state index in [0.29, 0.717) is 16.3 Å². The number of nitro benzene ring substituents is 1. The predicted molar refractivity (Wildman–Crippen MR) is 97.8 cm³/mol. The maximum atomic E-state index is 12.0. The Bertz CT molecular complexity index is 849. The maximum Gasteiger partial charge on any atom is 0.331 e. The number of esters is 1. The molecule has 0 fully saturated rings. The molecule has 7 nitrogen and oxygen atoms in total. The third-order valence-electron chi connectivity index (χ3n) is 3.27. The summed E-state index contributed by atoms with van der Waals surface area (Å²) in [6.45, 7) is 1.43. The highest BCUT2D eigenvalue weighted by Gasteiger charge is 2.16. The summed E-state index contributed by atoms with van der Waals surface area (Å²) in [5, 5.41) is 13.8. The summed E-state index contributed by atoms with van der Waals surface area (Å²) in [4.78, 5) is 34.0. The van der Waals surface area contributed by atoms with Crippen molar-refractivity contribution in [1.29, 1.82) is 0 Å². The SMILES string of the molecule is CC(OC(=O)/C=C/c1cccc([N+](=O)[O-])c1)C(=O)Nc1ccc(Cl)cc1. The highest BCUT2D eigenvalue weighted by molar-refractivity contribution is 6.30. The van der Waals surface area contributed by atoms with Gasteiger partial charge in [-0.25, -0.2) is 4.79 Å². The number of amides is 1. The van der Waals surface area contributed by atoms with Gasteiger partial charge in [-0.3, -0.25) is 14.9 Å². The lowest BCUT2D eigenvalue weighted by atomic mass is 10.2. The van der Waals surface area contributed by atoms with Gasteiger partial charge >= 0.3 is 5.97 Å². The highest BCUT2D eigenvalue weighted by atomic mass is 35.5. The summed E-state index contributed by atoms with van der Waals surface area (Å²) in [7, 11) is 0. The van der Waals surface area contributed by atoms with Gasteiger partial charge in [0.1, 0.15) is 0 Å². The van der Waals surface area contributed by atoms with Gasteiger partial charge in [-0.05, 0) is 42.8 Å². The Hall–Kier alpha value is -3.19. The fraction of sp³-hybridized carbons (Fsp3) is 0.111. The van der Waals surface area contributed by atoms with Crippen molar-refractivity contribution in [3.8, 4) is 0 Å². The molecule has 26 heavy (non-hydrogen) atoms. The van der Waals surface area contributed by atoms with Gasteiger partial charge in [0.15, 0.2) is 6.10 Å². The minimum Gasteiger partial charge on any atom is -0.449 e. The van der Waals surface area contributed by atoms with Gasteiger partial charge in [0.2, 0.25) is 0 Å². The summed E-state index contributed by atoms with van der Waals surface area (Å²) >= 11 is 5.76. The van der Waals surface area contributed by atoms with Gasteiger partial charge in [-0.2, -0.15) is 0 Å². The molecule has 2 aromatic rings. The molecule has 1 unspecified atom stereocenters. The first kappa shape index (κ1) is 19.1. The van der Waals surface area contributed by atoms with Crippen LogP contribution in [0, 0.1) is 10.1 Å². The molecule has 0 aliphatic heterocycles. The number of rotatable bonds is 6. The minimum absolute atomic E-state index is 0.0868. The van der Waals surface area contributed by atoms with E-state index in [1.165, 1.54) is 31.2 Å². The second-order valence-electron chi connectivity index (χ2n) is 5.26. The van der Waals surface area contributed by atoms with Gasteiger partial charge in [0.05, 0.1) is 4.92 Å². The van der Waals surface area contributed by atoms with Crippen molar-refractivity contribution in [3.63, 3.8) is 0 Å². The number of nitrogens with zero attached hydrogens (tertiary/aromatic N) is 1. The number of hydrogen-bond donors (Lipinski definition) is 1. The number of anilines is 1. The molecule has 1 N–H and O–H groups in total. The molecule has 0 spiro atoms. The van der Waals surface area contributed by atoms with Gasteiger partial charge in [0, 0.05) is 28.9 Å². The van der Waals surface area contributed by atoms with Crippen LogP contribution in [-0.2, 0) is 14.3 Å². The molecule has 0 aliphatic carbocycles. The molecule has 2 rings (SSSR count). The zero-order valence-corrected chi connectivity index (χ0v) is 14.5. The van der Waals surface area contributed by atoms with Crippen LogP contribution in [0.2, 0.25) is 5.02 Å². The zero-order chi connectivity index (χ0) is 19.1. The van der Waals surface area contributed by atoms with E-state index in [2.05, 4.69) is 5.32 Å². The van der Waals surface area contributed by atoms with Crippen molar-refractivity contribution in [2.75, 3.05) is 5.32 Å². The summed E-state index contributed by atoms with van der Waals surface area (Å²) < 4.78 is 5.01. The molecule has 0 radical (unpaired) electrons. The molecule has 0 heterocycles. The predicted octanol–water partition coefficient (Wildman–Crippen LogP) is 3.83. The summed E-state index contributed by atoms with van der Waals surface area (Å²) in [5.74, 6) is -1.24. The largest absolute Gasteiger partial charge is 0.449 e. The second-order valence-corrected chi connectivity index (χ2v) is 5.70. The van der Waals surface area contributed by atoms with Gasteiger partial charge in [-0.15, -0.1) is 0 Å². The summed E-state index contributed by atoms with van der Waals surface area (Å²) in [5.41, 5.74) is 0.903. The molecule has 0 bridgehead atoms. The lowest BCUT2D eigenvalue weighted by Crippen LogP contribution is -2.29. The molecule has 0 aliphatic rings. The van der Waals surface area contributed by atoms with Crippen LogP contribution in [0.25, 0.3) is 6.08 Å². The molecule has 0 saturated carbocycles. The number of halogens is 1. The number of carbonyl (C=O) groups is 2. The van der Waals surface area contributed by atoms with Gasteiger partial charge in [-0.1, -0.05) is 23.7 Å². The number of ether oxygens (including phenoxy) is 1. The second kappa shape index (κ2) is 8.77. The molecule has 0 aromatic heterocycles. The number of benzene rings is 2. The first-order chi connectivity index (χ1) is 12.3. The van der Waals surface area contributed by atoms with E-state index < -0.39 is 22.9 Å². The number of nitrogens with one attached hydrogen (secondary N) is 1. The molecule has 134 valence electrons. The average Bonchev–Trinajstić information content (AvgIpc) is 2.62. The fourth-order valence-corrected chi connectivity index (χ4v) is 2.08. The van der Waals surface area contributed by atoms with Crippen molar-refractivity contribution in [3.05, 3.63) is 75.3 Å². The Labute approximate surface area is 154 Å². The molecule has 1 atom stereocenters. The average molecular weight is 375 g/mol. The zero-order valence-electron chi connectivity index (χ0n) is 13.7. The van der Waals surface area contributed by atoms with Crippen LogP contribution in [0.15, 0.2) is 54.6 Å². The highest BCUT2D eigenvalue weighted by Crippen LogP contribution is 2.15. The maximum absolute atomic E-state index is 12.0. The first-order valence-electron chi connectivity index (χ1n) is 7.55. The van der Waals surface area contributed by atoms with Crippen LogP contribution in [0.1, 0.15) is 12.5 Å². The Morgan fingerprint density at radius 2 is 1.92 bits per heavy atom. The molecule has 2 aromatic carbocycles. The van der Waals surface area contributed by atoms with Crippen LogP contribution < -0.4 is 5.32 Å². The van der Waals surface area contributed by atoms with E-state index in [1.54, 1.807) is 30.3 Å². The van der Waals surface area contributed by atoms with E-state index in [-0.39, 0.29) is 5.69 Å². The van der Waals surface area contributed by atoms with Crippen LogP contribution in [0.5, 0.6) is 0 Å². The topological polar surface area (TPSA) is 98.5 Å². The summed E-state index contributed by atoms with van der Waals surface area (Å²) in [6, 6.07) is 12.3. The minimum atomic E-state index is -1.02. The Balaban J connectivity index is 1.91. The van der Waals surface area contributed by atoms with E-state index >= 15 is 0 Å². The standard InChI is InChI=1S/C18H15ClN2O5/c1-12(18(23)20-15-8-6-14(19)7-9-15)26-17(22)10-5-13-3-2-4-16(11-13)21(24)25/h2-12H,1H3,(H,20,23)/b10-5+. The van der Waals surface area contributed by atoms with Crippen LogP contribution in [-0.4, -0.2) is 22.9 Å². The Morgan fingerprint density at radius 1 is 1.23 bits per heavy atom. The number of nitro groups is 1. The molecule has 8 heteroatoms. The van der Waals surface area contributed by atoms with Crippen molar-refractivity contribution in [2.24, 2.45) is 0 Å². The molecule has 0 saturated heterocycles. The molecule has 1 amide bonds. The van der Waals surface area contributed by atoms with Gasteiger partial charge < -0.3 is 10.1 Å². The fourth-order valence-electron chi connectivity index (χ4n) is 1.95. The van der Waals surface area contributed by atoms with Gasteiger partial charge in [0.25, 0.3) is 11.6 Å².